The van der Waals surface area contributed by atoms with E-state index in [1.165, 1.54) is 0 Å². The Morgan fingerprint density at radius 3 is 2.73 bits per heavy atom. The Kier molecular flexibility index (Phi) is 4.50. The summed E-state index contributed by atoms with van der Waals surface area (Å²) in [5.74, 6) is 0.462. The first-order valence-corrected chi connectivity index (χ1v) is 7.80. The predicted molar refractivity (Wildman–Crippen MR) is 86.3 cm³/mol. The van der Waals surface area contributed by atoms with Crippen LogP contribution >= 0.6 is 11.6 Å². The van der Waals surface area contributed by atoms with E-state index in [0.29, 0.717) is 17.5 Å². The quantitative estimate of drug-likeness (QED) is 0.854. The molecule has 3 rings (SSSR count). The van der Waals surface area contributed by atoms with Gasteiger partial charge in [-0.3, -0.25) is 4.79 Å². The molecule has 1 fully saturated rings. The maximum atomic E-state index is 12.4. The molecule has 1 unspecified atom stereocenters. The molecule has 0 radical (unpaired) electrons. The first-order chi connectivity index (χ1) is 10.7. The number of hydrogen-bond acceptors (Lipinski definition) is 2. The van der Waals surface area contributed by atoms with Crippen molar-refractivity contribution in [3.05, 3.63) is 58.4 Å². The molecule has 0 saturated heterocycles. The molecule has 5 heteroatoms. The van der Waals surface area contributed by atoms with E-state index >= 15 is 0 Å². The number of benzene rings is 1. The number of aromatic nitrogens is 1. The lowest BCUT2D eigenvalue weighted by Crippen LogP contribution is -2.29. The van der Waals surface area contributed by atoms with Crippen LogP contribution in [-0.2, 0) is 4.74 Å². The van der Waals surface area contributed by atoms with E-state index in [-0.39, 0.29) is 12.0 Å². The predicted octanol–water partition coefficient (Wildman–Crippen LogP) is 3.66. The summed E-state index contributed by atoms with van der Waals surface area (Å²) < 4.78 is 5.47. The fourth-order valence-electron chi connectivity index (χ4n) is 2.59. The lowest BCUT2D eigenvalue weighted by atomic mass is 10.1. The van der Waals surface area contributed by atoms with E-state index in [9.17, 15) is 4.79 Å². The summed E-state index contributed by atoms with van der Waals surface area (Å²) in [5, 5.41) is 3.64. The van der Waals surface area contributed by atoms with Gasteiger partial charge >= 0.3 is 0 Å². The maximum Gasteiger partial charge on any atom is 0.253 e. The number of H-pyrrole nitrogens is 1. The van der Waals surface area contributed by atoms with Crippen LogP contribution in [0.25, 0.3) is 0 Å². The Hall–Kier alpha value is -1.78. The zero-order valence-corrected chi connectivity index (χ0v) is 13.2. The lowest BCUT2D eigenvalue weighted by molar-refractivity contribution is 0.0827. The smallest absolute Gasteiger partial charge is 0.253 e. The van der Waals surface area contributed by atoms with Crippen LogP contribution in [0, 0.1) is 0 Å². The van der Waals surface area contributed by atoms with Gasteiger partial charge in [0.25, 0.3) is 5.91 Å². The monoisotopic (exact) mass is 318 g/mol. The number of hydrogen-bond donors (Lipinski definition) is 2. The zero-order valence-electron chi connectivity index (χ0n) is 12.4. The largest absolute Gasteiger partial charge is 0.375 e. The van der Waals surface area contributed by atoms with E-state index in [1.54, 1.807) is 7.11 Å². The molecular formula is C17H19ClN2O2. The molecule has 4 nitrogen and oxygen atoms in total. The summed E-state index contributed by atoms with van der Waals surface area (Å²) in [7, 11) is 1.64. The summed E-state index contributed by atoms with van der Waals surface area (Å²) in [6.07, 6.45) is 3.96. The molecule has 22 heavy (non-hydrogen) atoms. The van der Waals surface area contributed by atoms with Crippen LogP contribution in [0.5, 0.6) is 0 Å². The number of nitrogens with one attached hydrogen (secondary N) is 2. The first kappa shape index (κ1) is 15.1. The van der Waals surface area contributed by atoms with Crippen molar-refractivity contribution in [3.63, 3.8) is 0 Å². The van der Waals surface area contributed by atoms with Crippen molar-refractivity contribution >= 4 is 17.5 Å². The SMILES string of the molecule is COC(CNC(=O)c1cc[nH]c1C1CC1)c1ccc(Cl)cc1. The second-order valence-corrected chi connectivity index (χ2v) is 6.00. The van der Waals surface area contributed by atoms with Crippen molar-refractivity contribution in [1.29, 1.82) is 0 Å². The number of carbonyl (C=O) groups is 1. The van der Waals surface area contributed by atoms with E-state index in [0.717, 1.165) is 29.7 Å². The van der Waals surface area contributed by atoms with Gasteiger partial charge in [0, 0.05) is 30.6 Å². The number of halogens is 1. The van der Waals surface area contributed by atoms with Crippen LogP contribution < -0.4 is 5.32 Å². The Morgan fingerprint density at radius 2 is 2.09 bits per heavy atom. The topological polar surface area (TPSA) is 54.1 Å². The van der Waals surface area contributed by atoms with Crippen LogP contribution in [0.4, 0.5) is 0 Å². The zero-order chi connectivity index (χ0) is 15.5. The summed E-state index contributed by atoms with van der Waals surface area (Å²) in [6, 6.07) is 9.31. The van der Waals surface area contributed by atoms with Crippen molar-refractivity contribution in [1.82, 2.24) is 10.3 Å². The van der Waals surface area contributed by atoms with E-state index in [2.05, 4.69) is 10.3 Å². The average molecular weight is 319 g/mol. The third kappa shape index (κ3) is 3.34. The molecule has 1 amide bonds. The van der Waals surface area contributed by atoms with Gasteiger partial charge in [0.1, 0.15) is 0 Å². The number of rotatable bonds is 6. The highest BCUT2D eigenvalue weighted by molar-refractivity contribution is 6.30. The van der Waals surface area contributed by atoms with Crippen LogP contribution in [0.1, 0.15) is 46.5 Å². The molecular weight excluding hydrogens is 300 g/mol. The minimum atomic E-state index is -0.190. The fourth-order valence-corrected chi connectivity index (χ4v) is 2.71. The van der Waals surface area contributed by atoms with E-state index in [1.807, 2.05) is 36.5 Å². The maximum absolute atomic E-state index is 12.4. The molecule has 1 aliphatic carbocycles. The summed E-state index contributed by atoms with van der Waals surface area (Å²) >= 11 is 5.89. The third-order valence-corrected chi connectivity index (χ3v) is 4.24. The summed E-state index contributed by atoms with van der Waals surface area (Å²) in [6.45, 7) is 0.423. The highest BCUT2D eigenvalue weighted by Crippen LogP contribution is 2.40. The van der Waals surface area contributed by atoms with Crippen molar-refractivity contribution in [3.8, 4) is 0 Å². The number of amides is 1. The number of methoxy groups -OCH3 is 1. The first-order valence-electron chi connectivity index (χ1n) is 7.42. The van der Waals surface area contributed by atoms with Gasteiger partial charge in [0.15, 0.2) is 0 Å². The van der Waals surface area contributed by atoms with E-state index in [4.69, 9.17) is 16.3 Å². The van der Waals surface area contributed by atoms with Crippen LogP contribution in [-0.4, -0.2) is 24.5 Å². The van der Waals surface area contributed by atoms with E-state index < -0.39 is 0 Å². The molecule has 1 atom stereocenters. The Morgan fingerprint density at radius 1 is 1.36 bits per heavy atom. The molecule has 116 valence electrons. The summed E-state index contributed by atoms with van der Waals surface area (Å²) in [4.78, 5) is 15.5. The van der Waals surface area contributed by atoms with Crippen molar-refractivity contribution in [2.75, 3.05) is 13.7 Å². The number of aromatic amines is 1. The number of carbonyl (C=O) groups excluding carboxylic acids is 1. The second-order valence-electron chi connectivity index (χ2n) is 5.57. The highest BCUT2D eigenvalue weighted by Gasteiger charge is 2.29. The van der Waals surface area contributed by atoms with Crippen LogP contribution in [0.15, 0.2) is 36.5 Å². The Bertz CT molecular complexity index is 647. The van der Waals surface area contributed by atoms with Gasteiger partial charge in [-0.15, -0.1) is 0 Å². The molecule has 0 aliphatic heterocycles. The van der Waals surface area contributed by atoms with Gasteiger partial charge in [-0.2, -0.15) is 0 Å². The number of ether oxygens (including phenoxy) is 1. The molecule has 0 bridgehead atoms. The molecule has 1 saturated carbocycles. The average Bonchev–Trinajstić information content (AvgIpc) is 3.26. The fraction of sp³-hybridized carbons (Fsp3) is 0.353. The van der Waals surface area contributed by atoms with Gasteiger partial charge in [-0.25, -0.2) is 0 Å². The van der Waals surface area contributed by atoms with Gasteiger partial charge in [-0.05, 0) is 42.5 Å². The Balaban J connectivity index is 1.63. The molecule has 1 heterocycles. The minimum Gasteiger partial charge on any atom is -0.375 e. The van der Waals surface area contributed by atoms with Crippen molar-refractivity contribution in [2.45, 2.75) is 24.9 Å². The van der Waals surface area contributed by atoms with Crippen molar-refractivity contribution in [2.24, 2.45) is 0 Å². The molecule has 0 spiro atoms. The lowest BCUT2D eigenvalue weighted by Gasteiger charge is -2.16. The van der Waals surface area contributed by atoms with Gasteiger partial charge in [0.2, 0.25) is 0 Å². The molecule has 2 aromatic rings. The molecule has 2 N–H and O–H groups in total. The molecule has 1 aromatic heterocycles. The van der Waals surface area contributed by atoms with Gasteiger partial charge in [0.05, 0.1) is 11.7 Å². The van der Waals surface area contributed by atoms with Crippen LogP contribution in [0.3, 0.4) is 0 Å². The van der Waals surface area contributed by atoms with Crippen LogP contribution in [0.2, 0.25) is 5.02 Å². The normalized spacial score (nSPS) is 15.5. The Labute approximate surface area is 134 Å². The molecule has 1 aromatic carbocycles. The highest BCUT2D eigenvalue weighted by atomic mass is 35.5. The van der Waals surface area contributed by atoms with Gasteiger partial charge < -0.3 is 15.0 Å². The van der Waals surface area contributed by atoms with Crippen molar-refractivity contribution < 1.29 is 9.53 Å². The standard InChI is InChI=1S/C17H19ClN2O2/c1-22-15(11-4-6-13(18)7-5-11)10-20-17(21)14-8-9-19-16(14)12-2-3-12/h4-9,12,15,19H,2-3,10H2,1H3,(H,20,21). The second kappa shape index (κ2) is 6.55. The molecule has 1 aliphatic rings. The summed E-state index contributed by atoms with van der Waals surface area (Å²) in [5.41, 5.74) is 2.79. The van der Waals surface area contributed by atoms with Gasteiger partial charge in [-0.1, -0.05) is 23.7 Å². The minimum absolute atomic E-state index is 0.0563. The third-order valence-electron chi connectivity index (χ3n) is 3.98.